The van der Waals surface area contributed by atoms with E-state index in [4.69, 9.17) is 4.74 Å². The summed E-state index contributed by atoms with van der Waals surface area (Å²) < 4.78 is 30.6. The Morgan fingerprint density at radius 1 is 1.15 bits per heavy atom. The smallest absolute Gasteiger partial charge is 0.242 e. The molecule has 0 aliphatic carbocycles. The Hall–Kier alpha value is -2.03. The molecule has 0 aliphatic heterocycles. The molecule has 1 atom stereocenters. The molecular formula is C18H22N2O4S2. The summed E-state index contributed by atoms with van der Waals surface area (Å²) >= 11 is 1.41. The molecule has 6 nitrogen and oxygen atoms in total. The molecular weight excluding hydrogens is 372 g/mol. The summed E-state index contributed by atoms with van der Waals surface area (Å²) in [6.07, 6.45) is 0. The molecule has 140 valence electrons. The number of thioether (sulfide) groups is 1. The molecule has 0 saturated carbocycles. The van der Waals surface area contributed by atoms with Gasteiger partial charge in [0.1, 0.15) is 5.75 Å². The van der Waals surface area contributed by atoms with Gasteiger partial charge >= 0.3 is 0 Å². The third-order valence-corrected chi connectivity index (χ3v) is 6.54. The Kier molecular flexibility index (Phi) is 6.69. The van der Waals surface area contributed by atoms with Gasteiger partial charge in [-0.15, -0.1) is 11.8 Å². The van der Waals surface area contributed by atoms with E-state index in [9.17, 15) is 13.2 Å². The van der Waals surface area contributed by atoms with Crippen LogP contribution in [0.15, 0.2) is 58.3 Å². The lowest BCUT2D eigenvalue weighted by Gasteiger charge is -2.14. The first-order valence-corrected chi connectivity index (χ1v) is 10.2. The number of methoxy groups -OCH3 is 1. The van der Waals surface area contributed by atoms with Crippen LogP contribution in [0.5, 0.6) is 5.75 Å². The van der Waals surface area contributed by atoms with Crippen LogP contribution in [-0.2, 0) is 14.8 Å². The van der Waals surface area contributed by atoms with Gasteiger partial charge in [0.15, 0.2) is 0 Å². The fourth-order valence-corrected chi connectivity index (χ4v) is 3.92. The molecule has 0 bridgehead atoms. The molecule has 2 aromatic rings. The number of hydrogen-bond acceptors (Lipinski definition) is 5. The monoisotopic (exact) mass is 394 g/mol. The van der Waals surface area contributed by atoms with E-state index in [1.807, 2.05) is 24.3 Å². The van der Waals surface area contributed by atoms with Crippen molar-refractivity contribution in [1.82, 2.24) is 4.31 Å². The van der Waals surface area contributed by atoms with Crippen molar-refractivity contribution >= 4 is 33.4 Å². The predicted molar refractivity (Wildman–Crippen MR) is 104 cm³/mol. The van der Waals surface area contributed by atoms with E-state index in [-0.39, 0.29) is 16.1 Å². The lowest BCUT2D eigenvalue weighted by molar-refractivity contribution is -0.115. The summed E-state index contributed by atoms with van der Waals surface area (Å²) in [4.78, 5) is 13.5. The number of hydrogen-bond donors (Lipinski definition) is 1. The number of nitrogens with zero attached hydrogens (tertiary/aromatic N) is 1. The molecule has 0 aliphatic rings. The molecule has 26 heavy (non-hydrogen) atoms. The largest absolute Gasteiger partial charge is 0.497 e. The Bertz CT molecular complexity index is 865. The van der Waals surface area contributed by atoms with E-state index in [0.29, 0.717) is 5.69 Å². The number of anilines is 1. The molecule has 2 rings (SSSR count). The summed E-state index contributed by atoms with van der Waals surface area (Å²) in [5.74, 6) is 0.551. The number of benzene rings is 2. The number of ether oxygens (including phenoxy) is 1. The minimum atomic E-state index is -3.55. The van der Waals surface area contributed by atoms with E-state index in [1.54, 1.807) is 26.2 Å². The second kappa shape index (κ2) is 8.57. The summed E-state index contributed by atoms with van der Waals surface area (Å²) in [6, 6.07) is 13.7. The predicted octanol–water partition coefficient (Wildman–Crippen LogP) is 3.06. The van der Waals surface area contributed by atoms with E-state index in [2.05, 4.69) is 5.32 Å². The van der Waals surface area contributed by atoms with Gasteiger partial charge < -0.3 is 10.1 Å². The van der Waals surface area contributed by atoms with Gasteiger partial charge in [-0.3, -0.25) is 4.79 Å². The van der Waals surface area contributed by atoms with Gasteiger partial charge in [0.2, 0.25) is 15.9 Å². The average molecular weight is 395 g/mol. The number of nitrogens with one attached hydrogen (secondary N) is 1. The molecule has 1 amide bonds. The van der Waals surface area contributed by atoms with E-state index >= 15 is 0 Å². The van der Waals surface area contributed by atoms with Crippen molar-refractivity contribution in [3.05, 3.63) is 48.5 Å². The highest BCUT2D eigenvalue weighted by Crippen LogP contribution is 2.26. The van der Waals surface area contributed by atoms with E-state index in [0.717, 1.165) is 15.0 Å². The molecule has 0 spiro atoms. The van der Waals surface area contributed by atoms with Crippen molar-refractivity contribution in [2.45, 2.75) is 22.0 Å². The number of sulfonamides is 1. The van der Waals surface area contributed by atoms with Crippen LogP contribution >= 0.6 is 11.8 Å². The van der Waals surface area contributed by atoms with Crippen molar-refractivity contribution in [2.24, 2.45) is 0 Å². The quantitative estimate of drug-likeness (QED) is 0.731. The van der Waals surface area contributed by atoms with Gasteiger partial charge in [0, 0.05) is 24.7 Å². The summed E-state index contributed by atoms with van der Waals surface area (Å²) in [6.45, 7) is 1.80. The molecule has 0 radical (unpaired) electrons. The molecule has 1 N–H and O–H groups in total. The Morgan fingerprint density at radius 3 is 2.38 bits per heavy atom. The average Bonchev–Trinajstić information content (AvgIpc) is 2.62. The highest BCUT2D eigenvalue weighted by Gasteiger charge is 2.19. The standard InChI is InChI=1S/C18H22N2O4S2/c1-13(25-16-10-8-15(24-4)9-11-16)18(21)19-14-6-5-7-17(12-14)26(22,23)20(2)3/h5-13H,1-4H3,(H,19,21). The highest BCUT2D eigenvalue weighted by molar-refractivity contribution is 8.00. The van der Waals surface area contributed by atoms with Gasteiger partial charge in [-0.1, -0.05) is 6.07 Å². The summed E-state index contributed by atoms with van der Waals surface area (Å²) in [5, 5.41) is 2.42. The van der Waals surface area contributed by atoms with Gasteiger partial charge in [-0.2, -0.15) is 0 Å². The van der Waals surface area contributed by atoms with Gasteiger partial charge in [-0.05, 0) is 49.4 Å². The summed E-state index contributed by atoms with van der Waals surface area (Å²) in [7, 11) is 0.987. The van der Waals surface area contributed by atoms with Gasteiger partial charge in [0.25, 0.3) is 0 Å². The van der Waals surface area contributed by atoms with Crippen molar-refractivity contribution < 1.29 is 17.9 Å². The maximum absolute atomic E-state index is 12.4. The minimum Gasteiger partial charge on any atom is -0.497 e. The molecule has 0 fully saturated rings. The summed E-state index contributed by atoms with van der Waals surface area (Å²) in [5.41, 5.74) is 0.445. The van der Waals surface area contributed by atoms with Crippen LogP contribution in [0.3, 0.4) is 0 Å². The normalized spacial score (nSPS) is 12.7. The zero-order valence-corrected chi connectivity index (χ0v) is 16.7. The van der Waals surface area contributed by atoms with Crippen molar-refractivity contribution in [3.8, 4) is 5.75 Å². The molecule has 0 saturated heterocycles. The second-order valence-electron chi connectivity index (χ2n) is 5.74. The Labute approximate surface area is 158 Å². The molecule has 2 aromatic carbocycles. The maximum Gasteiger partial charge on any atom is 0.242 e. The van der Waals surface area contributed by atoms with Crippen LogP contribution in [0, 0.1) is 0 Å². The van der Waals surface area contributed by atoms with Crippen LogP contribution in [0.4, 0.5) is 5.69 Å². The zero-order chi connectivity index (χ0) is 19.3. The first-order valence-electron chi connectivity index (χ1n) is 7.88. The number of carbonyl (C=O) groups is 1. The first kappa shape index (κ1) is 20.3. The third-order valence-electron chi connectivity index (χ3n) is 3.62. The molecule has 8 heteroatoms. The van der Waals surface area contributed by atoms with Crippen molar-refractivity contribution in [3.63, 3.8) is 0 Å². The van der Waals surface area contributed by atoms with Crippen LogP contribution in [-0.4, -0.2) is 45.1 Å². The Balaban J connectivity index is 2.06. The SMILES string of the molecule is COc1ccc(SC(C)C(=O)Nc2cccc(S(=O)(=O)N(C)C)c2)cc1. The fourth-order valence-electron chi connectivity index (χ4n) is 2.10. The lowest BCUT2D eigenvalue weighted by atomic mass is 10.3. The second-order valence-corrected chi connectivity index (χ2v) is 9.31. The molecule has 0 aromatic heterocycles. The van der Waals surface area contributed by atoms with Gasteiger partial charge in [-0.25, -0.2) is 12.7 Å². The highest BCUT2D eigenvalue weighted by atomic mass is 32.2. The van der Waals surface area contributed by atoms with Gasteiger partial charge in [0.05, 0.1) is 17.3 Å². The number of amides is 1. The first-order chi connectivity index (χ1) is 12.2. The Morgan fingerprint density at radius 2 is 1.81 bits per heavy atom. The minimum absolute atomic E-state index is 0.135. The third kappa shape index (κ3) is 5.00. The van der Waals surface area contributed by atoms with Crippen LogP contribution < -0.4 is 10.1 Å². The number of rotatable bonds is 7. The topological polar surface area (TPSA) is 75.7 Å². The zero-order valence-electron chi connectivity index (χ0n) is 15.1. The van der Waals surface area contributed by atoms with Crippen molar-refractivity contribution in [1.29, 1.82) is 0 Å². The van der Waals surface area contributed by atoms with E-state index in [1.165, 1.54) is 38.0 Å². The van der Waals surface area contributed by atoms with Crippen LogP contribution in [0.25, 0.3) is 0 Å². The number of carbonyl (C=O) groups excluding carboxylic acids is 1. The molecule has 0 heterocycles. The fraction of sp³-hybridized carbons (Fsp3) is 0.278. The van der Waals surface area contributed by atoms with Crippen LogP contribution in [0.2, 0.25) is 0 Å². The molecule has 1 unspecified atom stereocenters. The van der Waals surface area contributed by atoms with Crippen molar-refractivity contribution in [2.75, 3.05) is 26.5 Å². The lowest BCUT2D eigenvalue weighted by Crippen LogP contribution is -2.24. The van der Waals surface area contributed by atoms with E-state index < -0.39 is 10.0 Å². The van der Waals surface area contributed by atoms with Crippen LogP contribution in [0.1, 0.15) is 6.92 Å². The maximum atomic E-state index is 12.4.